The monoisotopic (exact) mass is 314 g/mol. The van der Waals surface area contributed by atoms with Crippen molar-refractivity contribution in [3.05, 3.63) is 40.3 Å². The fourth-order valence-corrected chi connectivity index (χ4v) is 3.23. The highest BCUT2D eigenvalue weighted by Crippen LogP contribution is 2.20. The molecule has 0 aliphatic rings. The zero-order chi connectivity index (χ0) is 14.8. The molecule has 0 saturated carbocycles. The van der Waals surface area contributed by atoms with Crippen molar-refractivity contribution in [2.24, 2.45) is 0 Å². The third-order valence-electron chi connectivity index (χ3n) is 2.92. The zero-order valence-corrected chi connectivity index (χ0v) is 13.3. The van der Waals surface area contributed by atoms with Gasteiger partial charge in [-0.05, 0) is 30.5 Å². The maximum atomic E-state index is 11.9. The van der Waals surface area contributed by atoms with Crippen LogP contribution in [-0.2, 0) is 16.6 Å². The Labute approximate surface area is 123 Å². The highest BCUT2D eigenvalue weighted by molar-refractivity contribution is 7.88. The van der Waals surface area contributed by atoms with Crippen LogP contribution in [0, 0.1) is 0 Å². The molecular weight excluding hydrogens is 296 g/mol. The fraction of sp³-hybridized carbons (Fsp3) is 0.385. The van der Waals surface area contributed by atoms with Crippen LogP contribution in [0.1, 0.15) is 23.6 Å². The first-order chi connectivity index (χ1) is 9.41. The molecule has 110 valence electrons. The number of nitrogens with zero attached hydrogens (tertiary/aromatic N) is 1. The molecule has 1 atom stereocenters. The van der Waals surface area contributed by atoms with Crippen LogP contribution in [0.5, 0.6) is 0 Å². The Kier molecular flexibility index (Phi) is 4.64. The number of sulfonamides is 1. The summed E-state index contributed by atoms with van der Waals surface area (Å²) in [5, 5.41) is 5.31. The molecule has 5 nitrogen and oxygen atoms in total. The van der Waals surface area contributed by atoms with Crippen LogP contribution in [-0.4, -0.2) is 26.8 Å². The van der Waals surface area contributed by atoms with Crippen molar-refractivity contribution >= 4 is 21.4 Å². The number of hydrogen-bond acceptors (Lipinski definition) is 5. The second-order valence-corrected chi connectivity index (χ2v) is 7.69. The van der Waals surface area contributed by atoms with Gasteiger partial charge in [0, 0.05) is 25.0 Å². The molecule has 1 N–H and O–H groups in total. The van der Waals surface area contributed by atoms with Gasteiger partial charge < -0.3 is 9.73 Å². The molecule has 0 spiro atoms. The average molecular weight is 314 g/mol. The average Bonchev–Trinajstić information content (AvgIpc) is 3.07. The van der Waals surface area contributed by atoms with Crippen LogP contribution in [0.25, 0.3) is 0 Å². The number of nitrogens with one attached hydrogen (secondary N) is 1. The molecule has 2 aromatic rings. The van der Waals surface area contributed by atoms with Gasteiger partial charge in [-0.3, -0.25) is 0 Å². The van der Waals surface area contributed by atoms with Crippen LogP contribution in [0.2, 0.25) is 0 Å². The van der Waals surface area contributed by atoms with Gasteiger partial charge in [0.25, 0.3) is 10.0 Å². The van der Waals surface area contributed by atoms with Crippen molar-refractivity contribution in [2.75, 3.05) is 14.1 Å². The number of hydrogen-bond donors (Lipinski definition) is 1. The minimum Gasteiger partial charge on any atom is -0.447 e. The van der Waals surface area contributed by atoms with Crippen LogP contribution in [0.3, 0.4) is 0 Å². The maximum absolute atomic E-state index is 11.9. The van der Waals surface area contributed by atoms with E-state index in [1.54, 1.807) is 17.4 Å². The predicted molar refractivity (Wildman–Crippen MR) is 79.2 cm³/mol. The molecule has 0 unspecified atom stereocenters. The summed E-state index contributed by atoms with van der Waals surface area (Å²) in [6.45, 7) is 2.55. The van der Waals surface area contributed by atoms with E-state index in [-0.39, 0.29) is 11.1 Å². The van der Waals surface area contributed by atoms with Gasteiger partial charge in [0.15, 0.2) is 0 Å². The minimum atomic E-state index is -3.50. The quantitative estimate of drug-likeness (QED) is 0.889. The summed E-state index contributed by atoms with van der Waals surface area (Å²) in [7, 11) is -0.535. The van der Waals surface area contributed by atoms with Crippen LogP contribution >= 0.6 is 11.3 Å². The highest BCUT2D eigenvalue weighted by Gasteiger charge is 2.21. The van der Waals surface area contributed by atoms with E-state index in [4.69, 9.17) is 4.42 Å². The van der Waals surface area contributed by atoms with Crippen molar-refractivity contribution in [3.8, 4) is 0 Å². The van der Waals surface area contributed by atoms with Gasteiger partial charge in [-0.15, -0.1) is 11.3 Å². The Morgan fingerprint density at radius 1 is 1.35 bits per heavy atom. The summed E-state index contributed by atoms with van der Waals surface area (Å²) in [4.78, 5) is 1.23. The molecule has 0 aliphatic carbocycles. The van der Waals surface area contributed by atoms with E-state index in [9.17, 15) is 8.42 Å². The van der Waals surface area contributed by atoms with E-state index in [0.717, 1.165) is 4.31 Å². The molecular formula is C13H18N2O3S2. The van der Waals surface area contributed by atoms with Crippen molar-refractivity contribution in [3.63, 3.8) is 0 Å². The molecule has 0 amide bonds. The first kappa shape index (κ1) is 15.2. The standard InChI is InChI=1S/C13H18N2O3S2/c1-10(12-5-4-8-19-12)14-9-11-6-7-13(18-11)20(16,17)15(2)3/h4-8,10,14H,9H2,1-3H3/t10-/m0/s1. The van der Waals surface area contributed by atoms with Crippen molar-refractivity contribution < 1.29 is 12.8 Å². The minimum absolute atomic E-state index is 0.0249. The van der Waals surface area contributed by atoms with Gasteiger partial charge in [0.1, 0.15) is 5.76 Å². The molecule has 2 rings (SSSR count). The van der Waals surface area contributed by atoms with Gasteiger partial charge in [-0.25, -0.2) is 12.7 Å². The summed E-state index contributed by atoms with van der Waals surface area (Å²) in [6.07, 6.45) is 0. The lowest BCUT2D eigenvalue weighted by atomic mass is 10.2. The smallest absolute Gasteiger partial charge is 0.275 e. The van der Waals surface area contributed by atoms with E-state index in [1.807, 2.05) is 11.4 Å². The Morgan fingerprint density at radius 3 is 2.70 bits per heavy atom. The fourth-order valence-electron chi connectivity index (χ4n) is 1.66. The van der Waals surface area contributed by atoms with Crippen LogP contribution in [0.4, 0.5) is 0 Å². The highest BCUT2D eigenvalue weighted by atomic mass is 32.2. The van der Waals surface area contributed by atoms with Gasteiger partial charge in [-0.1, -0.05) is 6.07 Å². The van der Waals surface area contributed by atoms with Crippen molar-refractivity contribution in [2.45, 2.75) is 24.6 Å². The van der Waals surface area contributed by atoms with E-state index < -0.39 is 10.0 Å². The molecule has 7 heteroatoms. The molecule has 0 fully saturated rings. The van der Waals surface area contributed by atoms with Crippen LogP contribution < -0.4 is 5.32 Å². The van der Waals surface area contributed by atoms with E-state index in [2.05, 4.69) is 18.3 Å². The molecule has 0 aromatic carbocycles. The number of thiophene rings is 1. The van der Waals surface area contributed by atoms with E-state index in [1.165, 1.54) is 25.0 Å². The summed E-state index contributed by atoms with van der Waals surface area (Å²) < 4.78 is 30.3. The Morgan fingerprint density at radius 2 is 2.10 bits per heavy atom. The normalized spacial score (nSPS) is 13.8. The Hall–Kier alpha value is -1.15. The molecule has 0 saturated heterocycles. The summed E-state index contributed by atoms with van der Waals surface area (Å²) in [5.41, 5.74) is 0. The van der Waals surface area contributed by atoms with Gasteiger partial charge in [0.2, 0.25) is 5.09 Å². The first-order valence-corrected chi connectivity index (χ1v) is 8.51. The maximum Gasteiger partial charge on any atom is 0.275 e. The molecule has 0 aliphatic heterocycles. The Balaban J connectivity index is 2.00. The van der Waals surface area contributed by atoms with Gasteiger partial charge in [0.05, 0.1) is 6.54 Å². The third kappa shape index (κ3) is 3.29. The SMILES string of the molecule is C[C@H](NCc1ccc(S(=O)(=O)N(C)C)o1)c1cccs1. The summed E-state index contributed by atoms with van der Waals surface area (Å²) in [5.74, 6) is 0.605. The number of rotatable bonds is 6. The Bertz CT molecular complexity index is 645. The summed E-state index contributed by atoms with van der Waals surface area (Å²) >= 11 is 1.68. The van der Waals surface area contributed by atoms with Crippen molar-refractivity contribution in [1.82, 2.24) is 9.62 Å². The second kappa shape index (κ2) is 6.09. The lowest BCUT2D eigenvalue weighted by Crippen LogP contribution is -2.21. The summed E-state index contributed by atoms with van der Waals surface area (Å²) in [6, 6.07) is 7.44. The molecule has 2 heterocycles. The zero-order valence-electron chi connectivity index (χ0n) is 11.7. The molecule has 0 radical (unpaired) electrons. The van der Waals surface area contributed by atoms with Crippen LogP contribution in [0.15, 0.2) is 39.2 Å². The van der Waals surface area contributed by atoms with Crippen molar-refractivity contribution in [1.29, 1.82) is 0 Å². The lowest BCUT2D eigenvalue weighted by molar-refractivity contribution is 0.383. The van der Waals surface area contributed by atoms with E-state index >= 15 is 0 Å². The number of furan rings is 1. The van der Waals surface area contributed by atoms with Gasteiger partial charge in [-0.2, -0.15) is 0 Å². The molecule has 0 bridgehead atoms. The second-order valence-electron chi connectivity index (χ2n) is 4.63. The van der Waals surface area contributed by atoms with Gasteiger partial charge >= 0.3 is 0 Å². The van der Waals surface area contributed by atoms with E-state index in [0.29, 0.717) is 12.3 Å². The lowest BCUT2D eigenvalue weighted by Gasteiger charge is -2.11. The molecule has 20 heavy (non-hydrogen) atoms. The largest absolute Gasteiger partial charge is 0.447 e. The first-order valence-electron chi connectivity index (χ1n) is 6.19. The topological polar surface area (TPSA) is 62.6 Å². The molecule has 2 aromatic heterocycles. The third-order valence-corrected chi connectivity index (χ3v) is 5.67. The predicted octanol–water partition coefficient (Wildman–Crippen LogP) is 2.44.